The molecule has 0 bridgehead atoms. The minimum atomic E-state index is -0.746. The molecular formula is C32H37N7O3. The Morgan fingerprint density at radius 2 is 1.79 bits per heavy atom. The summed E-state index contributed by atoms with van der Waals surface area (Å²) in [4.78, 5) is 41.1. The van der Waals surface area contributed by atoms with Gasteiger partial charge in [0.25, 0.3) is 5.56 Å². The first kappa shape index (κ1) is 27.7. The van der Waals surface area contributed by atoms with E-state index in [0.717, 1.165) is 48.6 Å². The Bertz CT molecular complexity index is 1640. The zero-order valence-corrected chi connectivity index (χ0v) is 24.3. The number of ether oxygens (including phenoxy) is 1. The lowest BCUT2D eigenvalue weighted by Crippen LogP contribution is -2.40. The molecule has 1 unspecified atom stereocenters. The van der Waals surface area contributed by atoms with Crippen LogP contribution in [0.2, 0.25) is 0 Å². The highest BCUT2D eigenvalue weighted by molar-refractivity contribution is 5.98. The number of likely N-dealkylation sites (tertiary alicyclic amines) is 1. The maximum atomic E-state index is 14.0. The summed E-state index contributed by atoms with van der Waals surface area (Å²) in [7, 11) is 2.14. The summed E-state index contributed by atoms with van der Waals surface area (Å²) < 4.78 is 7.72. The zero-order valence-electron chi connectivity index (χ0n) is 24.3. The van der Waals surface area contributed by atoms with Gasteiger partial charge in [-0.15, -0.1) is 0 Å². The molecule has 42 heavy (non-hydrogen) atoms. The number of anilines is 4. The van der Waals surface area contributed by atoms with Gasteiger partial charge in [0.1, 0.15) is 29.2 Å². The van der Waals surface area contributed by atoms with Crippen molar-refractivity contribution in [1.82, 2.24) is 19.4 Å². The molecule has 2 aromatic carbocycles. The first-order valence-electron chi connectivity index (χ1n) is 14.7. The van der Waals surface area contributed by atoms with Crippen LogP contribution < -0.4 is 25.8 Å². The second kappa shape index (κ2) is 11.8. The highest BCUT2D eigenvalue weighted by atomic mass is 16.5. The number of hydrogen-bond acceptors (Lipinski definition) is 8. The summed E-state index contributed by atoms with van der Waals surface area (Å²) in [5.41, 5.74) is 3.24. The molecule has 4 aromatic rings. The van der Waals surface area contributed by atoms with Crippen LogP contribution in [-0.2, 0) is 11.2 Å². The molecule has 1 saturated heterocycles. The van der Waals surface area contributed by atoms with Crippen molar-refractivity contribution in [3.63, 3.8) is 0 Å². The first-order valence-corrected chi connectivity index (χ1v) is 14.7. The molecule has 10 nitrogen and oxygen atoms in total. The molecule has 1 fully saturated rings. The minimum absolute atomic E-state index is 0.228. The van der Waals surface area contributed by atoms with E-state index in [2.05, 4.69) is 27.6 Å². The van der Waals surface area contributed by atoms with E-state index in [0.29, 0.717) is 42.2 Å². The number of carbonyl (C=O) groups excluding carboxylic acids is 1. The largest absolute Gasteiger partial charge is 0.490 e. The molecule has 0 saturated carbocycles. The molecule has 0 radical (unpaired) electrons. The summed E-state index contributed by atoms with van der Waals surface area (Å²) >= 11 is 0. The van der Waals surface area contributed by atoms with Crippen LogP contribution >= 0.6 is 0 Å². The Morgan fingerprint density at radius 1 is 1.05 bits per heavy atom. The van der Waals surface area contributed by atoms with Crippen LogP contribution in [0.3, 0.4) is 0 Å². The van der Waals surface area contributed by atoms with Crippen LogP contribution in [0.4, 0.5) is 23.0 Å². The molecule has 2 N–H and O–H groups in total. The van der Waals surface area contributed by atoms with Crippen LogP contribution in [-0.4, -0.2) is 64.7 Å². The van der Waals surface area contributed by atoms with E-state index < -0.39 is 6.04 Å². The molecular weight excluding hydrogens is 530 g/mol. The Kier molecular flexibility index (Phi) is 7.80. The lowest BCUT2D eigenvalue weighted by molar-refractivity contribution is -0.119. The van der Waals surface area contributed by atoms with E-state index in [1.165, 1.54) is 0 Å². The Hall–Kier alpha value is -4.44. The van der Waals surface area contributed by atoms with Crippen LogP contribution in [0.5, 0.6) is 5.75 Å². The predicted molar refractivity (Wildman–Crippen MR) is 166 cm³/mol. The standard InChI is InChI=1S/C32H37N7O3/c1-4-38(5-2)28-19-22-20-33-32(34-23-10-12-24(13-11-23)42-25-14-16-37(3)17-15-25)36-29(22)39(31(28)41)27-18-21-8-6-7-9-26(21)35-30(27)40/h6-13,19-20,25,27H,4-5,14-18H2,1-3H3,(H,35,40)(H,33,34,36). The number of nitrogens with zero attached hydrogens (tertiary/aromatic N) is 5. The molecule has 2 aliphatic rings. The third-order valence-electron chi connectivity index (χ3n) is 8.24. The number of hydrogen-bond donors (Lipinski definition) is 2. The van der Waals surface area contributed by atoms with E-state index in [1.54, 1.807) is 10.8 Å². The molecule has 1 atom stereocenters. The number of amides is 1. The van der Waals surface area contributed by atoms with Crippen molar-refractivity contribution in [1.29, 1.82) is 0 Å². The molecule has 6 rings (SSSR count). The van der Waals surface area contributed by atoms with Crippen LogP contribution in [0.1, 0.15) is 38.3 Å². The van der Waals surface area contributed by atoms with E-state index >= 15 is 0 Å². The summed E-state index contributed by atoms with van der Waals surface area (Å²) in [6.45, 7) is 7.42. The minimum Gasteiger partial charge on any atom is -0.490 e. The van der Waals surface area contributed by atoms with Gasteiger partial charge >= 0.3 is 0 Å². The van der Waals surface area contributed by atoms with E-state index in [-0.39, 0.29) is 17.6 Å². The molecule has 1 amide bonds. The fraction of sp³-hybridized carbons (Fsp3) is 0.375. The van der Waals surface area contributed by atoms with Crippen LogP contribution in [0, 0.1) is 0 Å². The van der Waals surface area contributed by atoms with Crippen molar-refractivity contribution < 1.29 is 9.53 Å². The number of benzene rings is 2. The molecule has 218 valence electrons. The lowest BCUT2D eigenvalue weighted by atomic mass is 9.98. The van der Waals surface area contributed by atoms with Crippen molar-refractivity contribution in [2.45, 2.75) is 45.3 Å². The van der Waals surface area contributed by atoms with Crippen LogP contribution in [0.15, 0.2) is 65.6 Å². The Labute approximate surface area is 245 Å². The topological polar surface area (TPSA) is 105 Å². The normalized spacial score (nSPS) is 17.5. The number of para-hydroxylation sites is 1. The van der Waals surface area contributed by atoms with Gasteiger partial charge in [-0.05, 0) is 75.7 Å². The summed E-state index contributed by atoms with van der Waals surface area (Å²) in [6.07, 6.45) is 4.36. The smallest absolute Gasteiger partial charge is 0.276 e. The number of rotatable bonds is 8. The van der Waals surface area contributed by atoms with Gasteiger partial charge in [0.2, 0.25) is 11.9 Å². The van der Waals surface area contributed by atoms with Gasteiger partial charge in [-0.3, -0.25) is 14.2 Å². The number of carbonyl (C=O) groups is 1. The average molecular weight is 568 g/mol. The van der Waals surface area contributed by atoms with E-state index in [1.807, 2.05) is 73.3 Å². The van der Waals surface area contributed by atoms with Gasteiger partial charge in [-0.2, -0.15) is 4.98 Å². The van der Waals surface area contributed by atoms with Gasteiger partial charge in [0.15, 0.2) is 0 Å². The Morgan fingerprint density at radius 3 is 2.52 bits per heavy atom. The van der Waals surface area contributed by atoms with Gasteiger partial charge in [-0.1, -0.05) is 18.2 Å². The SMILES string of the molecule is CCN(CC)c1cc2cnc(Nc3ccc(OC4CCN(C)CC4)cc3)nc2n(C2Cc3ccccc3NC2=O)c1=O. The highest BCUT2D eigenvalue weighted by Crippen LogP contribution is 2.30. The number of nitrogens with one attached hydrogen (secondary N) is 2. The second-order valence-electron chi connectivity index (χ2n) is 11.0. The van der Waals surface area contributed by atoms with Crippen molar-refractivity contribution in [3.8, 4) is 5.75 Å². The summed E-state index contributed by atoms with van der Waals surface area (Å²) in [6, 6.07) is 16.5. The third kappa shape index (κ3) is 5.54. The quantitative estimate of drug-likeness (QED) is 0.319. The highest BCUT2D eigenvalue weighted by Gasteiger charge is 2.31. The zero-order chi connectivity index (χ0) is 29.2. The number of piperidine rings is 1. The van der Waals surface area contributed by atoms with Gasteiger partial charge in [0.05, 0.1) is 0 Å². The summed E-state index contributed by atoms with van der Waals surface area (Å²) in [5, 5.41) is 6.93. The fourth-order valence-corrected chi connectivity index (χ4v) is 5.83. The second-order valence-corrected chi connectivity index (χ2v) is 11.0. The monoisotopic (exact) mass is 567 g/mol. The van der Waals surface area contributed by atoms with Crippen LogP contribution in [0.25, 0.3) is 11.0 Å². The average Bonchev–Trinajstić information content (AvgIpc) is 3.00. The maximum Gasteiger partial charge on any atom is 0.276 e. The third-order valence-corrected chi connectivity index (χ3v) is 8.24. The van der Waals surface area contributed by atoms with E-state index in [9.17, 15) is 9.59 Å². The number of pyridine rings is 1. The van der Waals surface area contributed by atoms with E-state index in [4.69, 9.17) is 9.72 Å². The van der Waals surface area contributed by atoms with Crippen molar-refractivity contribution >= 4 is 40.0 Å². The molecule has 0 spiro atoms. The Balaban J connectivity index is 1.33. The maximum absolute atomic E-state index is 14.0. The lowest BCUT2D eigenvalue weighted by Gasteiger charge is -2.29. The van der Waals surface area contributed by atoms with Crippen molar-refractivity contribution in [2.24, 2.45) is 0 Å². The molecule has 2 aromatic heterocycles. The summed E-state index contributed by atoms with van der Waals surface area (Å²) in [5.74, 6) is 0.935. The van der Waals surface area contributed by atoms with Gasteiger partial charge in [0, 0.05) is 55.6 Å². The first-order chi connectivity index (χ1) is 20.4. The molecule has 0 aliphatic carbocycles. The van der Waals surface area contributed by atoms with Gasteiger partial charge < -0.3 is 25.2 Å². The van der Waals surface area contributed by atoms with Crippen molar-refractivity contribution in [3.05, 3.63) is 76.7 Å². The number of aromatic nitrogens is 3. The van der Waals surface area contributed by atoms with Gasteiger partial charge in [-0.25, -0.2) is 4.98 Å². The molecule has 4 heterocycles. The molecule has 2 aliphatic heterocycles. The number of fused-ring (bicyclic) bond motifs is 2. The molecule has 10 heteroatoms. The van der Waals surface area contributed by atoms with Crippen molar-refractivity contribution in [2.75, 3.05) is 48.8 Å². The fourth-order valence-electron chi connectivity index (χ4n) is 5.83. The predicted octanol–water partition coefficient (Wildman–Crippen LogP) is 4.59.